The minimum atomic E-state index is -0.721. The van der Waals surface area contributed by atoms with Crippen molar-refractivity contribution in [2.45, 2.75) is 26.8 Å². The molecule has 9 nitrogen and oxygen atoms in total. The van der Waals surface area contributed by atoms with Gasteiger partial charge in [-0.3, -0.25) is 0 Å². The Morgan fingerprint density at radius 1 is 1.11 bits per heavy atom. The number of esters is 2. The van der Waals surface area contributed by atoms with Crippen molar-refractivity contribution in [1.82, 2.24) is 10.6 Å². The molecule has 1 aliphatic rings. The third-order valence-electron chi connectivity index (χ3n) is 3.94. The van der Waals surface area contributed by atoms with E-state index in [9.17, 15) is 14.4 Å². The maximum atomic E-state index is 12.4. The van der Waals surface area contributed by atoms with Crippen LogP contribution in [0.4, 0.5) is 4.79 Å². The smallest absolute Gasteiger partial charge is 0.344 e. The molecule has 0 saturated carbocycles. The van der Waals surface area contributed by atoms with E-state index in [1.54, 1.807) is 39.0 Å². The van der Waals surface area contributed by atoms with E-state index in [4.69, 9.17) is 18.9 Å². The van der Waals surface area contributed by atoms with Crippen molar-refractivity contribution in [1.29, 1.82) is 0 Å². The fourth-order valence-corrected chi connectivity index (χ4v) is 2.75. The molecule has 1 unspecified atom stereocenters. The van der Waals surface area contributed by atoms with Gasteiger partial charge in [-0.1, -0.05) is 6.07 Å². The second-order valence-corrected chi connectivity index (χ2v) is 5.79. The Morgan fingerprint density at radius 3 is 2.46 bits per heavy atom. The topological polar surface area (TPSA) is 112 Å². The highest BCUT2D eigenvalue weighted by molar-refractivity contribution is 5.95. The van der Waals surface area contributed by atoms with Gasteiger partial charge in [-0.05, 0) is 38.5 Å². The molecule has 1 aliphatic heterocycles. The summed E-state index contributed by atoms with van der Waals surface area (Å²) >= 11 is 0. The van der Waals surface area contributed by atoms with Crippen molar-refractivity contribution in [2.24, 2.45) is 0 Å². The van der Waals surface area contributed by atoms with Gasteiger partial charge >= 0.3 is 18.0 Å². The van der Waals surface area contributed by atoms with Gasteiger partial charge in [-0.15, -0.1) is 0 Å². The molecule has 1 atom stereocenters. The van der Waals surface area contributed by atoms with Crippen LogP contribution in [0.1, 0.15) is 32.4 Å². The molecule has 0 fully saturated rings. The van der Waals surface area contributed by atoms with Crippen LogP contribution in [0.2, 0.25) is 0 Å². The number of carbonyl (C=O) groups is 3. The molecule has 1 heterocycles. The third kappa shape index (κ3) is 4.93. The number of nitrogens with one attached hydrogen (secondary N) is 2. The number of benzene rings is 1. The zero-order valence-corrected chi connectivity index (χ0v) is 16.3. The number of methoxy groups -OCH3 is 1. The van der Waals surface area contributed by atoms with E-state index >= 15 is 0 Å². The predicted molar refractivity (Wildman–Crippen MR) is 98.9 cm³/mol. The molecule has 2 N–H and O–H groups in total. The highest BCUT2D eigenvalue weighted by atomic mass is 16.6. The monoisotopic (exact) mass is 392 g/mol. The zero-order valence-electron chi connectivity index (χ0n) is 16.3. The number of hydrogen-bond donors (Lipinski definition) is 2. The summed E-state index contributed by atoms with van der Waals surface area (Å²) in [6, 6.07) is 3.74. The van der Waals surface area contributed by atoms with Crippen molar-refractivity contribution in [3.05, 3.63) is 35.0 Å². The van der Waals surface area contributed by atoms with Gasteiger partial charge in [-0.25, -0.2) is 14.4 Å². The van der Waals surface area contributed by atoms with Crippen molar-refractivity contribution >= 4 is 18.0 Å². The fraction of sp³-hybridized carbons (Fsp3) is 0.421. The van der Waals surface area contributed by atoms with E-state index in [-0.39, 0.29) is 19.8 Å². The molecule has 0 aromatic heterocycles. The molecule has 0 saturated heterocycles. The molecule has 0 bridgehead atoms. The summed E-state index contributed by atoms with van der Waals surface area (Å²) in [5.74, 6) is -0.352. The predicted octanol–water partition coefficient (Wildman–Crippen LogP) is 1.83. The molecule has 2 amide bonds. The van der Waals surface area contributed by atoms with Crippen LogP contribution in [0.25, 0.3) is 0 Å². The van der Waals surface area contributed by atoms with Gasteiger partial charge in [0.25, 0.3) is 0 Å². The first kappa shape index (κ1) is 21.1. The van der Waals surface area contributed by atoms with Crippen molar-refractivity contribution in [3.8, 4) is 11.5 Å². The number of ether oxygens (including phenoxy) is 4. The van der Waals surface area contributed by atoms with Gasteiger partial charge in [0, 0.05) is 5.70 Å². The van der Waals surface area contributed by atoms with Crippen molar-refractivity contribution in [2.75, 3.05) is 26.9 Å². The minimum Gasteiger partial charge on any atom is -0.493 e. The Bertz CT molecular complexity index is 788. The standard InChI is InChI=1S/C19H24N2O7/c1-5-26-15(22)10-28-13-8-7-12(9-14(13)25-4)17-16(18(23)27-6-2)11(3)20-19(24)21-17/h7-9,17H,5-6,10H2,1-4H3,(H2,20,21,24). The molecule has 9 heteroatoms. The van der Waals surface area contributed by atoms with Crippen LogP contribution < -0.4 is 20.1 Å². The van der Waals surface area contributed by atoms with Crippen molar-refractivity contribution < 1.29 is 33.3 Å². The lowest BCUT2D eigenvalue weighted by Gasteiger charge is -2.28. The van der Waals surface area contributed by atoms with E-state index in [0.29, 0.717) is 28.3 Å². The molecular weight excluding hydrogens is 368 g/mol. The average Bonchev–Trinajstić information content (AvgIpc) is 2.66. The van der Waals surface area contributed by atoms with Crippen LogP contribution in [0.15, 0.2) is 29.5 Å². The Morgan fingerprint density at radius 2 is 1.82 bits per heavy atom. The Hall–Kier alpha value is -3.23. The second-order valence-electron chi connectivity index (χ2n) is 5.79. The number of urea groups is 1. The number of allylic oxidation sites excluding steroid dienone is 1. The zero-order chi connectivity index (χ0) is 20.7. The quantitative estimate of drug-likeness (QED) is 0.649. The van der Waals surface area contributed by atoms with Crippen LogP contribution in [-0.4, -0.2) is 44.9 Å². The van der Waals surface area contributed by atoms with Crippen LogP contribution in [-0.2, 0) is 19.1 Å². The molecule has 152 valence electrons. The Labute approximate surface area is 163 Å². The third-order valence-corrected chi connectivity index (χ3v) is 3.94. The molecule has 0 radical (unpaired) electrons. The van der Waals surface area contributed by atoms with Gasteiger partial charge in [0.05, 0.1) is 31.9 Å². The number of rotatable bonds is 8. The molecular formula is C19H24N2O7. The molecule has 28 heavy (non-hydrogen) atoms. The maximum Gasteiger partial charge on any atom is 0.344 e. The van der Waals surface area contributed by atoms with Gasteiger partial charge in [-0.2, -0.15) is 0 Å². The largest absolute Gasteiger partial charge is 0.493 e. The molecule has 1 aromatic carbocycles. The van der Waals surface area contributed by atoms with Crippen LogP contribution in [0.5, 0.6) is 11.5 Å². The van der Waals surface area contributed by atoms with E-state index in [2.05, 4.69) is 10.6 Å². The normalized spacial score (nSPS) is 16.0. The van der Waals surface area contributed by atoms with Gasteiger partial charge in [0.1, 0.15) is 0 Å². The Balaban J connectivity index is 2.32. The summed E-state index contributed by atoms with van der Waals surface area (Å²) in [5, 5.41) is 5.29. The number of carbonyl (C=O) groups excluding carboxylic acids is 3. The van der Waals surface area contributed by atoms with E-state index < -0.39 is 24.0 Å². The number of amides is 2. The summed E-state index contributed by atoms with van der Waals surface area (Å²) in [5.41, 5.74) is 1.30. The molecule has 0 spiro atoms. The highest BCUT2D eigenvalue weighted by Gasteiger charge is 2.32. The highest BCUT2D eigenvalue weighted by Crippen LogP contribution is 2.34. The van der Waals surface area contributed by atoms with Gasteiger partial charge in [0.15, 0.2) is 18.1 Å². The summed E-state index contributed by atoms with van der Waals surface area (Å²) < 4.78 is 20.7. The van der Waals surface area contributed by atoms with Crippen LogP contribution in [0.3, 0.4) is 0 Å². The first-order chi connectivity index (χ1) is 13.4. The SMILES string of the molecule is CCOC(=O)COc1ccc(C2NC(=O)NC(C)=C2C(=O)OCC)cc1OC. The lowest BCUT2D eigenvalue weighted by atomic mass is 9.95. The first-order valence-electron chi connectivity index (χ1n) is 8.82. The van der Waals surface area contributed by atoms with Gasteiger partial charge < -0.3 is 29.6 Å². The summed E-state index contributed by atoms with van der Waals surface area (Å²) in [6.45, 7) is 5.25. The van der Waals surface area contributed by atoms with E-state index in [0.717, 1.165) is 0 Å². The lowest BCUT2D eigenvalue weighted by Crippen LogP contribution is -2.45. The second kappa shape index (κ2) is 9.63. The average molecular weight is 392 g/mol. The van der Waals surface area contributed by atoms with E-state index in [1.807, 2.05) is 0 Å². The lowest BCUT2D eigenvalue weighted by molar-refractivity contribution is -0.145. The first-order valence-corrected chi connectivity index (χ1v) is 8.82. The van der Waals surface area contributed by atoms with Crippen LogP contribution >= 0.6 is 0 Å². The molecule has 2 rings (SSSR count). The Kier molecular flexibility index (Phi) is 7.25. The summed E-state index contributed by atoms with van der Waals surface area (Å²) in [7, 11) is 1.45. The summed E-state index contributed by atoms with van der Waals surface area (Å²) in [6.07, 6.45) is 0. The van der Waals surface area contributed by atoms with Crippen LogP contribution in [0, 0.1) is 0 Å². The van der Waals surface area contributed by atoms with Crippen molar-refractivity contribution in [3.63, 3.8) is 0 Å². The fourth-order valence-electron chi connectivity index (χ4n) is 2.75. The number of hydrogen-bond acceptors (Lipinski definition) is 7. The van der Waals surface area contributed by atoms with E-state index in [1.165, 1.54) is 7.11 Å². The molecule has 1 aromatic rings. The summed E-state index contributed by atoms with van der Waals surface area (Å²) in [4.78, 5) is 35.8. The molecule has 0 aliphatic carbocycles. The minimum absolute atomic E-state index is 0.209. The maximum absolute atomic E-state index is 12.4. The van der Waals surface area contributed by atoms with Gasteiger partial charge in [0.2, 0.25) is 0 Å².